The van der Waals surface area contributed by atoms with Crippen LogP contribution in [0.15, 0.2) is 6.07 Å². The van der Waals surface area contributed by atoms with Gasteiger partial charge >= 0.3 is 0 Å². The number of aryl methyl sites for hydroxylation is 1. The van der Waals surface area contributed by atoms with Crippen LogP contribution in [0.4, 0.5) is 0 Å². The van der Waals surface area contributed by atoms with Crippen molar-refractivity contribution >= 4 is 28.8 Å². The van der Waals surface area contributed by atoms with Gasteiger partial charge in [-0.3, -0.25) is 10.1 Å². The lowest BCUT2D eigenvalue weighted by molar-refractivity contribution is -0.128. The van der Waals surface area contributed by atoms with Gasteiger partial charge in [0.05, 0.1) is 10.4 Å². The first-order valence-electron chi connectivity index (χ1n) is 6.44. The minimum Gasteiger partial charge on any atom is -0.344 e. The molecule has 1 aromatic heterocycles. The zero-order valence-electron chi connectivity index (χ0n) is 10.4. The Kier molecular flexibility index (Phi) is 3.34. The maximum atomic E-state index is 11.9. The second-order valence-electron chi connectivity index (χ2n) is 5.14. The maximum absolute atomic E-state index is 11.9. The molecule has 1 fully saturated rings. The predicted molar refractivity (Wildman–Crippen MR) is 74.2 cm³/mol. The fraction of sp³-hybridized carbons (Fsp3) is 0.615. The molecular formula is C13H17ClN2OS. The molecule has 3 rings (SSSR count). The summed E-state index contributed by atoms with van der Waals surface area (Å²) in [6, 6.07) is 2.37. The van der Waals surface area contributed by atoms with E-state index < -0.39 is 0 Å². The van der Waals surface area contributed by atoms with E-state index in [0.29, 0.717) is 6.04 Å². The van der Waals surface area contributed by atoms with Crippen molar-refractivity contribution in [3.8, 4) is 0 Å². The zero-order chi connectivity index (χ0) is 12.7. The number of likely N-dealkylation sites (tertiary alicyclic amines) is 1. The van der Waals surface area contributed by atoms with Gasteiger partial charge in [0.15, 0.2) is 0 Å². The molecule has 0 aromatic carbocycles. The van der Waals surface area contributed by atoms with Gasteiger partial charge in [-0.2, -0.15) is 0 Å². The maximum Gasteiger partial charge on any atom is 0.239 e. The highest BCUT2D eigenvalue weighted by Gasteiger charge is 2.32. The lowest BCUT2D eigenvalue weighted by Gasteiger charge is -2.26. The number of hydrogen-bond acceptors (Lipinski definition) is 3. The molecule has 1 amide bonds. The standard InChI is InChI=1S/C13H17ClN2OS/c1-16-6-5-10(13(16)17)15-9-3-2-4-11-8(9)7-12(14)18-11/h7,9-10,15H,2-6H2,1H3. The fourth-order valence-corrected chi connectivity index (χ4v) is 4.30. The summed E-state index contributed by atoms with van der Waals surface area (Å²) >= 11 is 7.78. The predicted octanol–water partition coefficient (Wildman–Crippen LogP) is 2.60. The quantitative estimate of drug-likeness (QED) is 0.905. The summed E-state index contributed by atoms with van der Waals surface area (Å²) in [5, 5.41) is 3.52. The third-order valence-corrected chi connectivity index (χ3v) is 5.25. The monoisotopic (exact) mass is 284 g/mol. The van der Waals surface area contributed by atoms with E-state index >= 15 is 0 Å². The Balaban J connectivity index is 1.76. The molecule has 1 aliphatic heterocycles. The molecule has 2 heterocycles. The van der Waals surface area contributed by atoms with Crippen LogP contribution in [0.25, 0.3) is 0 Å². The first kappa shape index (κ1) is 12.5. The summed E-state index contributed by atoms with van der Waals surface area (Å²) in [4.78, 5) is 15.1. The van der Waals surface area contributed by atoms with E-state index in [0.717, 1.165) is 30.1 Å². The molecule has 2 aliphatic rings. The molecule has 1 aliphatic carbocycles. The molecule has 2 atom stereocenters. The van der Waals surface area contributed by atoms with Crippen molar-refractivity contribution in [2.45, 2.75) is 37.8 Å². The van der Waals surface area contributed by atoms with Crippen LogP contribution in [-0.2, 0) is 11.2 Å². The number of carbonyl (C=O) groups excluding carboxylic acids is 1. The minimum absolute atomic E-state index is 0.00961. The molecule has 0 spiro atoms. The van der Waals surface area contributed by atoms with Crippen LogP contribution >= 0.6 is 22.9 Å². The Labute approximate surface area is 116 Å². The van der Waals surface area contributed by atoms with Gasteiger partial charge in [-0.1, -0.05) is 11.6 Å². The van der Waals surface area contributed by atoms with Gasteiger partial charge in [0.1, 0.15) is 0 Å². The highest BCUT2D eigenvalue weighted by atomic mass is 35.5. The van der Waals surface area contributed by atoms with Crippen LogP contribution < -0.4 is 5.32 Å². The van der Waals surface area contributed by atoms with E-state index in [1.165, 1.54) is 16.9 Å². The SMILES string of the molecule is CN1CCC(NC2CCCc3sc(Cl)cc32)C1=O. The Morgan fingerprint density at radius 3 is 3.00 bits per heavy atom. The largest absolute Gasteiger partial charge is 0.344 e. The number of nitrogens with one attached hydrogen (secondary N) is 1. The molecule has 3 nitrogen and oxygen atoms in total. The number of hydrogen-bond donors (Lipinski definition) is 1. The summed E-state index contributed by atoms with van der Waals surface area (Å²) in [6.07, 6.45) is 4.33. The summed E-state index contributed by atoms with van der Waals surface area (Å²) in [6.45, 7) is 0.862. The van der Waals surface area contributed by atoms with Crippen LogP contribution in [0.2, 0.25) is 4.34 Å². The van der Waals surface area contributed by atoms with Crippen molar-refractivity contribution in [1.82, 2.24) is 10.2 Å². The van der Waals surface area contributed by atoms with Crippen LogP contribution in [0.5, 0.6) is 0 Å². The van der Waals surface area contributed by atoms with E-state index in [1.807, 2.05) is 11.9 Å². The average Bonchev–Trinajstić information content (AvgIpc) is 2.86. The summed E-state index contributed by atoms with van der Waals surface area (Å²) in [5.74, 6) is 0.225. The summed E-state index contributed by atoms with van der Waals surface area (Å²) < 4.78 is 0.864. The first-order valence-corrected chi connectivity index (χ1v) is 7.63. The zero-order valence-corrected chi connectivity index (χ0v) is 12.0. The van der Waals surface area contributed by atoms with Crippen molar-refractivity contribution in [2.75, 3.05) is 13.6 Å². The van der Waals surface area contributed by atoms with Gasteiger partial charge in [0, 0.05) is 24.5 Å². The molecule has 18 heavy (non-hydrogen) atoms. The Morgan fingerprint density at radius 2 is 2.28 bits per heavy atom. The molecule has 0 saturated carbocycles. The van der Waals surface area contributed by atoms with Gasteiger partial charge in [-0.25, -0.2) is 0 Å². The van der Waals surface area contributed by atoms with Gasteiger partial charge in [0.2, 0.25) is 5.91 Å². The summed E-state index contributed by atoms with van der Waals surface area (Å²) in [5.41, 5.74) is 1.32. The average molecular weight is 285 g/mol. The van der Waals surface area contributed by atoms with Crippen LogP contribution in [0.1, 0.15) is 35.7 Å². The minimum atomic E-state index is -0.00961. The number of nitrogens with zero attached hydrogens (tertiary/aromatic N) is 1. The van der Waals surface area contributed by atoms with E-state index in [4.69, 9.17) is 11.6 Å². The highest BCUT2D eigenvalue weighted by molar-refractivity contribution is 7.16. The van der Waals surface area contributed by atoms with Crippen LogP contribution in [0, 0.1) is 0 Å². The number of rotatable bonds is 2. The van der Waals surface area contributed by atoms with E-state index in [-0.39, 0.29) is 11.9 Å². The van der Waals surface area contributed by atoms with Gasteiger partial charge in [-0.05, 0) is 37.3 Å². The molecule has 0 bridgehead atoms. The van der Waals surface area contributed by atoms with Crippen LogP contribution in [0.3, 0.4) is 0 Å². The molecule has 2 unspecified atom stereocenters. The highest BCUT2D eigenvalue weighted by Crippen LogP contribution is 2.38. The number of amides is 1. The van der Waals surface area contributed by atoms with Crippen molar-refractivity contribution in [3.63, 3.8) is 0 Å². The third-order valence-electron chi connectivity index (χ3n) is 3.91. The fourth-order valence-electron chi connectivity index (χ4n) is 2.91. The molecule has 1 saturated heterocycles. The normalized spacial score (nSPS) is 27.7. The molecular weight excluding hydrogens is 268 g/mol. The van der Waals surface area contributed by atoms with Crippen molar-refractivity contribution in [3.05, 3.63) is 20.8 Å². The van der Waals surface area contributed by atoms with E-state index in [9.17, 15) is 4.79 Å². The van der Waals surface area contributed by atoms with Crippen molar-refractivity contribution in [1.29, 1.82) is 0 Å². The van der Waals surface area contributed by atoms with E-state index in [1.54, 1.807) is 11.3 Å². The lowest BCUT2D eigenvalue weighted by Crippen LogP contribution is -2.39. The number of likely N-dealkylation sites (N-methyl/N-ethyl adjacent to an activating group) is 1. The Hall–Kier alpha value is -0.580. The number of halogens is 1. The third kappa shape index (κ3) is 2.17. The van der Waals surface area contributed by atoms with Crippen LogP contribution in [-0.4, -0.2) is 30.4 Å². The molecule has 1 aromatic rings. The number of fused-ring (bicyclic) bond motifs is 1. The topological polar surface area (TPSA) is 32.3 Å². The first-order chi connectivity index (χ1) is 8.65. The molecule has 5 heteroatoms. The van der Waals surface area contributed by atoms with Gasteiger partial charge in [-0.15, -0.1) is 11.3 Å². The molecule has 98 valence electrons. The van der Waals surface area contributed by atoms with Crippen molar-refractivity contribution < 1.29 is 4.79 Å². The molecule has 0 radical (unpaired) electrons. The Morgan fingerprint density at radius 1 is 1.44 bits per heavy atom. The lowest BCUT2D eigenvalue weighted by atomic mass is 9.93. The van der Waals surface area contributed by atoms with Gasteiger partial charge in [0.25, 0.3) is 0 Å². The van der Waals surface area contributed by atoms with E-state index in [2.05, 4.69) is 11.4 Å². The second-order valence-corrected chi connectivity index (χ2v) is 6.91. The van der Waals surface area contributed by atoms with Crippen molar-refractivity contribution in [2.24, 2.45) is 0 Å². The second kappa shape index (κ2) is 4.83. The number of carbonyl (C=O) groups is 1. The smallest absolute Gasteiger partial charge is 0.239 e. The summed E-state index contributed by atoms with van der Waals surface area (Å²) in [7, 11) is 1.87. The number of thiophene rings is 1. The Bertz CT molecular complexity index is 474. The molecule has 1 N–H and O–H groups in total. The van der Waals surface area contributed by atoms with Gasteiger partial charge < -0.3 is 4.90 Å².